The van der Waals surface area contributed by atoms with E-state index >= 15 is 0 Å². The van der Waals surface area contributed by atoms with Gasteiger partial charge in [0.25, 0.3) is 23.2 Å². The molecule has 0 atom stereocenters. The number of aromatic amines is 1. The Bertz CT molecular complexity index is 1940. The van der Waals surface area contributed by atoms with Crippen LogP contribution in [-0.4, -0.2) is 20.6 Å². The number of aromatic nitrogens is 3. The van der Waals surface area contributed by atoms with E-state index in [4.69, 9.17) is 10.1 Å². The summed E-state index contributed by atoms with van der Waals surface area (Å²) in [6, 6.07) is 26.5. The monoisotopic (exact) mass is 917 g/mol. The molecule has 0 radical (unpaired) electrons. The summed E-state index contributed by atoms with van der Waals surface area (Å²) in [7, 11) is 3.51. The zero-order valence-electron chi connectivity index (χ0n) is 24.6. The van der Waals surface area contributed by atoms with Gasteiger partial charge in [0.2, 0.25) is 0 Å². The van der Waals surface area contributed by atoms with Gasteiger partial charge in [0.1, 0.15) is 0 Å². The molecule has 6 rings (SSSR count). The molecule has 3 aromatic heterocycles. The van der Waals surface area contributed by atoms with Gasteiger partial charge in [-0.3, -0.25) is 19.2 Å². The fraction of sp³-hybridized carbons (Fsp3) is 0.152. The number of aryl methyl sites for hydroxylation is 2. The van der Waals surface area contributed by atoms with E-state index in [0.29, 0.717) is 0 Å². The van der Waals surface area contributed by atoms with E-state index in [-0.39, 0.29) is 185 Å². The predicted octanol–water partition coefficient (Wildman–Crippen LogP) is -0.169. The number of benzene rings is 3. The van der Waals surface area contributed by atoms with Crippen molar-refractivity contribution in [3.8, 4) is 0 Å². The van der Waals surface area contributed by atoms with Gasteiger partial charge >= 0.3 is 138 Å². The average Bonchev–Trinajstić information content (AvgIpc) is 2.99. The molecule has 0 spiro atoms. The molecule has 0 unspecified atom stereocenters. The average molecular weight is 918 g/mol. The second kappa shape index (κ2) is 25.3. The number of carbonyl (C=O) groups is 1. The molecular formula is C33H38BrCs2N3O6. The molecule has 0 saturated carbocycles. The topological polar surface area (TPSA) is 126 Å². The summed E-state index contributed by atoms with van der Waals surface area (Å²) < 4.78 is 4.11. The number of carbonyl (C=O) groups excluding carboxylic acids is 1. The van der Waals surface area contributed by atoms with E-state index in [1.54, 1.807) is 41.8 Å². The summed E-state index contributed by atoms with van der Waals surface area (Å²) in [6.45, 7) is -0.181. The van der Waals surface area contributed by atoms with Crippen LogP contribution in [0.5, 0.6) is 0 Å². The first-order valence-corrected chi connectivity index (χ1v) is 12.6. The molecule has 230 valence electrons. The van der Waals surface area contributed by atoms with Crippen molar-refractivity contribution in [2.45, 2.75) is 22.3 Å². The van der Waals surface area contributed by atoms with Crippen LogP contribution < -0.4 is 160 Å². The van der Waals surface area contributed by atoms with Crippen molar-refractivity contribution >= 4 is 54.7 Å². The predicted molar refractivity (Wildman–Crippen MR) is 179 cm³/mol. The van der Waals surface area contributed by atoms with Crippen LogP contribution in [0.1, 0.15) is 23.7 Å². The van der Waals surface area contributed by atoms with E-state index in [1.165, 1.54) is 0 Å². The quantitative estimate of drug-likeness (QED) is 0.139. The molecule has 12 heteroatoms. The first-order valence-electron chi connectivity index (χ1n) is 11.9. The number of hydrogen-bond donors (Lipinski definition) is 1. The van der Waals surface area contributed by atoms with Crippen LogP contribution >= 0.6 is 15.9 Å². The van der Waals surface area contributed by atoms with E-state index < -0.39 is 0 Å². The van der Waals surface area contributed by atoms with Crippen molar-refractivity contribution in [2.24, 2.45) is 14.1 Å². The Morgan fingerprint density at radius 1 is 0.711 bits per heavy atom. The van der Waals surface area contributed by atoms with Crippen molar-refractivity contribution in [1.29, 1.82) is 0 Å². The van der Waals surface area contributed by atoms with Crippen LogP contribution in [0.2, 0.25) is 0 Å². The minimum Gasteiger partial charge on any atom is -1.00 e. The van der Waals surface area contributed by atoms with E-state index in [0.717, 1.165) is 36.8 Å². The first kappa shape index (κ1) is 48.7. The smallest absolute Gasteiger partial charge is 1.00 e. The van der Waals surface area contributed by atoms with Gasteiger partial charge in [-0.15, -0.1) is 0 Å². The Labute approximate surface area is 390 Å². The maximum Gasteiger partial charge on any atom is 1.00 e. The maximum absolute atomic E-state index is 11.6. The molecule has 0 saturated heterocycles. The normalized spacial score (nSPS) is 8.80. The molecule has 0 amide bonds. The largest absolute Gasteiger partial charge is 1.00 e. The van der Waals surface area contributed by atoms with Gasteiger partial charge in [-0.25, -0.2) is 0 Å². The van der Waals surface area contributed by atoms with Crippen LogP contribution in [0.15, 0.2) is 122 Å². The Kier molecular flexibility index (Phi) is 27.4. The second-order valence-electron chi connectivity index (χ2n) is 8.34. The summed E-state index contributed by atoms with van der Waals surface area (Å²) in [5, 5.41) is 13.7. The molecule has 1 N–H and O–H groups in total. The molecule has 0 aliphatic heterocycles. The molecule has 0 bridgehead atoms. The fourth-order valence-corrected chi connectivity index (χ4v) is 4.44. The number of hydrogen-bond acceptors (Lipinski definition) is 6. The molecule has 9 nitrogen and oxygen atoms in total. The molecule has 6 aromatic rings. The Hall–Kier alpha value is -0.696. The summed E-state index contributed by atoms with van der Waals surface area (Å²) in [6.07, 6.45) is 5.22. The number of nitrogens with zero attached hydrogens (tertiary/aromatic N) is 2. The SMILES string of the molecule is C.C.C.Cn1cc(Br)c2ccccc2c1=O.Cn1ccc2ccccc2c1=O.O=CO[O-].O=c1[nH]ccc2ccccc12.[Cs+].[Cs+].[H-]. The van der Waals surface area contributed by atoms with Crippen LogP contribution in [0, 0.1) is 0 Å². The summed E-state index contributed by atoms with van der Waals surface area (Å²) in [5.74, 6) is 0. The number of nitrogens with one attached hydrogen (secondary N) is 1. The van der Waals surface area contributed by atoms with Crippen molar-refractivity contribution < 1.29 is 154 Å². The third-order valence-electron chi connectivity index (χ3n) is 5.75. The zero-order chi connectivity index (χ0) is 29.1. The van der Waals surface area contributed by atoms with Crippen molar-refractivity contribution in [1.82, 2.24) is 14.1 Å². The van der Waals surface area contributed by atoms with E-state index in [1.807, 2.05) is 84.9 Å². The minimum atomic E-state index is -0.181. The van der Waals surface area contributed by atoms with Gasteiger partial charge in [-0.1, -0.05) is 76.9 Å². The summed E-state index contributed by atoms with van der Waals surface area (Å²) in [4.78, 5) is 48.1. The van der Waals surface area contributed by atoms with E-state index in [2.05, 4.69) is 25.8 Å². The molecule has 3 heterocycles. The molecule has 0 aliphatic rings. The van der Waals surface area contributed by atoms with Crippen LogP contribution in [0.25, 0.3) is 32.3 Å². The summed E-state index contributed by atoms with van der Waals surface area (Å²) in [5.41, 5.74) is 0.0787. The Balaban J connectivity index is -0.000000256. The van der Waals surface area contributed by atoms with Gasteiger partial charge < -0.3 is 25.7 Å². The number of pyridine rings is 3. The van der Waals surface area contributed by atoms with Gasteiger partial charge in [0, 0.05) is 58.7 Å². The van der Waals surface area contributed by atoms with Gasteiger partial charge in [-0.05, 0) is 57.0 Å². The Morgan fingerprint density at radius 3 is 1.69 bits per heavy atom. The van der Waals surface area contributed by atoms with Gasteiger partial charge in [0.15, 0.2) is 0 Å². The maximum atomic E-state index is 11.6. The molecule has 45 heavy (non-hydrogen) atoms. The minimum absolute atomic E-state index is 0. The van der Waals surface area contributed by atoms with Crippen molar-refractivity contribution in [3.05, 3.63) is 139 Å². The number of rotatable bonds is 1. The van der Waals surface area contributed by atoms with Gasteiger partial charge in [-0.2, -0.15) is 0 Å². The van der Waals surface area contributed by atoms with Crippen LogP contribution in [0.4, 0.5) is 0 Å². The number of H-pyrrole nitrogens is 1. The Morgan fingerprint density at radius 2 is 1.16 bits per heavy atom. The number of fused-ring (bicyclic) bond motifs is 3. The first-order chi connectivity index (χ1) is 19.3. The van der Waals surface area contributed by atoms with Crippen molar-refractivity contribution in [2.75, 3.05) is 0 Å². The van der Waals surface area contributed by atoms with Crippen LogP contribution in [0.3, 0.4) is 0 Å². The summed E-state index contributed by atoms with van der Waals surface area (Å²) >= 11 is 3.42. The zero-order valence-corrected chi connectivity index (χ0v) is 37.8. The second-order valence-corrected chi connectivity index (χ2v) is 9.20. The van der Waals surface area contributed by atoms with Crippen molar-refractivity contribution in [3.63, 3.8) is 0 Å². The third-order valence-corrected chi connectivity index (χ3v) is 6.39. The van der Waals surface area contributed by atoms with Gasteiger partial charge in [0.05, 0.1) is 0 Å². The molecule has 0 aliphatic carbocycles. The standard InChI is InChI=1S/C10H8BrNO.C10H9NO.C9H7NO.CH2O3.3CH4.2Cs.H/c1-12-6-9(11)7-4-2-3-5-8(7)10(12)13;1-11-7-6-8-4-2-3-5-9(8)10(11)12;11-9-8-4-2-1-3-7(8)5-6-10-9;2-1-4-3;;;;;;/h2-6H,1H3;2-7H,1H3;1-6H,(H,10,11);1,3H;3*1H4;;;/q;;;;;;;2*+1;-1/p-1. The van der Waals surface area contributed by atoms with Crippen LogP contribution in [-0.2, 0) is 23.8 Å². The fourth-order valence-electron chi connectivity index (χ4n) is 3.79. The van der Waals surface area contributed by atoms with E-state index in [9.17, 15) is 14.4 Å². The molecular weight excluding hydrogens is 880 g/mol. The molecule has 0 fully saturated rings. The molecule has 3 aromatic carbocycles. The third kappa shape index (κ3) is 14.1. The number of halogens is 1.